The first-order chi connectivity index (χ1) is 9.09. The van der Waals surface area contributed by atoms with E-state index in [0.717, 1.165) is 51.4 Å². The van der Waals surface area contributed by atoms with Crippen molar-refractivity contribution in [3.63, 3.8) is 0 Å². The van der Waals surface area contributed by atoms with Crippen LogP contribution in [0.25, 0.3) is 0 Å². The van der Waals surface area contributed by atoms with Crippen molar-refractivity contribution < 1.29 is 9.53 Å². The van der Waals surface area contributed by atoms with Gasteiger partial charge in [0.1, 0.15) is 0 Å². The molecule has 0 unspecified atom stereocenters. The van der Waals surface area contributed by atoms with Gasteiger partial charge in [0.05, 0.1) is 0 Å². The lowest BCUT2D eigenvalue weighted by molar-refractivity contribution is -0.132. The molecule has 2 rings (SSSR count). The number of hydrogen-bond acceptors (Lipinski definition) is 2. The monoisotopic (exact) mass is 267 g/mol. The molecular weight excluding hydrogens is 238 g/mol. The second-order valence-electron chi connectivity index (χ2n) is 6.86. The number of ether oxygens (including phenoxy) is 1. The average Bonchev–Trinajstić information content (AvgIpc) is 2.89. The van der Waals surface area contributed by atoms with E-state index in [2.05, 4.69) is 6.92 Å². The summed E-state index contributed by atoms with van der Waals surface area (Å²) >= 11 is 0. The largest absolute Gasteiger partial charge is 0.381 e. The molecule has 1 heterocycles. The van der Waals surface area contributed by atoms with Crippen LogP contribution in [0.4, 0.5) is 0 Å². The van der Waals surface area contributed by atoms with Crippen LogP contribution < -0.4 is 0 Å². The number of hydrogen-bond donors (Lipinski definition) is 0. The third kappa shape index (κ3) is 4.48. The summed E-state index contributed by atoms with van der Waals surface area (Å²) in [6.07, 6.45) is 9.41. The van der Waals surface area contributed by atoms with Gasteiger partial charge in [-0.1, -0.05) is 32.6 Å². The summed E-state index contributed by atoms with van der Waals surface area (Å²) in [6.45, 7) is 4.87. The molecule has 0 aromatic rings. The van der Waals surface area contributed by atoms with E-state index in [0.29, 0.717) is 5.91 Å². The molecule has 3 heteroatoms. The van der Waals surface area contributed by atoms with Crippen molar-refractivity contribution >= 4 is 5.91 Å². The van der Waals surface area contributed by atoms with E-state index in [9.17, 15) is 4.79 Å². The molecule has 1 amide bonds. The Labute approximate surface area is 117 Å². The van der Waals surface area contributed by atoms with Crippen molar-refractivity contribution in [3.05, 3.63) is 0 Å². The normalized spacial score (nSPS) is 23.5. The predicted octanol–water partition coefficient (Wildman–Crippen LogP) is 3.23. The molecule has 19 heavy (non-hydrogen) atoms. The van der Waals surface area contributed by atoms with Gasteiger partial charge in [0.2, 0.25) is 5.91 Å². The lowest BCUT2D eigenvalue weighted by atomic mass is 9.82. The zero-order valence-electron chi connectivity index (χ0n) is 12.6. The molecule has 1 saturated carbocycles. The van der Waals surface area contributed by atoms with Gasteiger partial charge in [0.25, 0.3) is 0 Å². The number of carbonyl (C=O) groups is 1. The Morgan fingerprint density at radius 1 is 1.26 bits per heavy atom. The van der Waals surface area contributed by atoms with E-state index in [1.165, 1.54) is 25.7 Å². The second-order valence-corrected chi connectivity index (χ2v) is 6.86. The summed E-state index contributed by atoms with van der Waals surface area (Å²) in [6, 6.07) is 0. The maximum atomic E-state index is 12.2. The van der Waals surface area contributed by atoms with Crippen LogP contribution in [0.3, 0.4) is 0 Å². The molecule has 0 bridgehead atoms. The number of carbonyl (C=O) groups excluding carboxylic acids is 1. The van der Waals surface area contributed by atoms with Crippen LogP contribution in [0.1, 0.15) is 58.3 Å². The van der Waals surface area contributed by atoms with Crippen LogP contribution >= 0.6 is 0 Å². The molecular formula is C16H29NO2. The first-order valence-corrected chi connectivity index (χ1v) is 7.91. The fraction of sp³-hybridized carbons (Fsp3) is 0.938. The van der Waals surface area contributed by atoms with Crippen molar-refractivity contribution in [2.24, 2.45) is 11.3 Å². The topological polar surface area (TPSA) is 29.5 Å². The predicted molar refractivity (Wildman–Crippen MR) is 77.0 cm³/mol. The van der Waals surface area contributed by atoms with Gasteiger partial charge in [0, 0.05) is 33.2 Å². The summed E-state index contributed by atoms with van der Waals surface area (Å²) < 4.78 is 5.42. The molecule has 0 radical (unpaired) electrons. The summed E-state index contributed by atoms with van der Waals surface area (Å²) in [5.41, 5.74) is 0.260. The molecule has 1 saturated heterocycles. The highest BCUT2D eigenvalue weighted by atomic mass is 16.5. The van der Waals surface area contributed by atoms with Crippen molar-refractivity contribution in [3.8, 4) is 0 Å². The molecule has 0 aromatic carbocycles. The minimum Gasteiger partial charge on any atom is -0.381 e. The van der Waals surface area contributed by atoms with Crippen molar-refractivity contribution in [1.82, 2.24) is 4.90 Å². The molecule has 0 atom stereocenters. The smallest absolute Gasteiger partial charge is 0.222 e. The number of rotatable bonds is 5. The number of amides is 1. The fourth-order valence-corrected chi connectivity index (χ4v) is 3.50. The Bertz CT molecular complexity index is 291. The van der Waals surface area contributed by atoms with E-state index < -0.39 is 0 Å². The van der Waals surface area contributed by atoms with Crippen molar-refractivity contribution in [2.75, 3.05) is 26.8 Å². The van der Waals surface area contributed by atoms with E-state index in [4.69, 9.17) is 4.74 Å². The molecule has 3 nitrogen and oxygen atoms in total. The average molecular weight is 267 g/mol. The van der Waals surface area contributed by atoms with Gasteiger partial charge in [-0.25, -0.2) is 0 Å². The van der Waals surface area contributed by atoms with Gasteiger partial charge >= 0.3 is 0 Å². The van der Waals surface area contributed by atoms with Crippen LogP contribution in [-0.4, -0.2) is 37.6 Å². The molecule has 2 fully saturated rings. The van der Waals surface area contributed by atoms with Gasteiger partial charge in [0.15, 0.2) is 0 Å². The molecule has 2 aliphatic rings. The van der Waals surface area contributed by atoms with Crippen molar-refractivity contribution in [2.45, 2.75) is 58.3 Å². The molecule has 0 N–H and O–H groups in total. The van der Waals surface area contributed by atoms with Crippen LogP contribution in [0, 0.1) is 11.3 Å². The highest BCUT2D eigenvalue weighted by Gasteiger charge is 2.30. The van der Waals surface area contributed by atoms with E-state index in [1.807, 2.05) is 11.9 Å². The van der Waals surface area contributed by atoms with E-state index >= 15 is 0 Å². The van der Waals surface area contributed by atoms with Crippen LogP contribution in [0.2, 0.25) is 0 Å². The SMILES string of the molecule is CN(CC1(C)CCOCC1)C(=O)CCC1CCCC1. The zero-order chi connectivity index (χ0) is 13.7. The minimum atomic E-state index is 0.260. The molecule has 1 aliphatic carbocycles. The van der Waals surface area contributed by atoms with Gasteiger partial charge in [-0.2, -0.15) is 0 Å². The Kier molecular flexibility index (Phi) is 5.26. The van der Waals surface area contributed by atoms with Gasteiger partial charge in [-0.05, 0) is 30.6 Å². The third-order valence-corrected chi connectivity index (χ3v) is 4.99. The summed E-state index contributed by atoms with van der Waals surface area (Å²) in [7, 11) is 1.97. The lowest BCUT2D eigenvalue weighted by Crippen LogP contribution is -2.40. The van der Waals surface area contributed by atoms with E-state index in [1.54, 1.807) is 0 Å². The van der Waals surface area contributed by atoms with Gasteiger partial charge < -0.3 is 9.64 Å². The summed E-state index contributed by atoms with van der Waals surface area (Å²) in [4.78, 5) is 14.2. The minimum absolute atomic E-state index is 0.260. The number of nitrogens with zero attached hydrogens (tertiary/aromatic N) is 1. The molecule has 0 aromatic heterocycles. The van der Waals surface area contributed by atoms with Gasteiger partial charge in [-0.15, -0.1) is 0 Å². The Hall–Kier alpha value is -0.570. The highest BCUT2D eigenvalue weighted by Crippen LogP contribution is 2.31. The molecule has 110 valence electrons. The van der Waals surface area contributed by atoms with Crippen LogP contribution in [0.15, 0.2) is 0 Å². The van der Waals surface area contributed by atoms with Gasteiger partial charge in [-0.3, -0.25) is 4.79 Å². The van der Waals surface area contributed by atoms with Crippen molar-refractivity contribution in [1.29, 1.82) is 0 Å². The standard InChI is InChI=1S/C16H29NO2/c1-16(9-11-19-12-10-16)13-17(2)15(18)8-7-14-5-3-4-6-14/h14H,3-13H2,1-2H3. The second kappa shape index (κ2) is 6.74. The maximum Gasteiger partial charge on any atom is 0.222 e. The third-order valence-electron chi connectivity index (χ3n) is 4.99. The quantitative estimate of drug-likeness (QED) is 0.765. The highest BCUT2D eigenvalue weighted by molar-refractivity contribution is 5.75. The molecule has 0 spiro atoms. The summed E-state index contributed by atoms with van der Waals surface area (Å²) in [5, 5.41) is 0. The Morgan fingerprint density at radius 2 is 1.89 bits per heavy atom. The lowest BCUT2D eigenvalue weighted by Gasteiger charge is -2.37. The van der Waals surface area contributed by atoms with Crippen LogP contribution in [0.5, 0.6) is 0 Å². The molecule has 1 aliphatic heterocycles. The van der Waals surface area contributed by atoms with E-state index in [-0.39, 0.29) is 5.41 Å². The Balaban J connectivity index is 1.71. The first kappa shape index (κ1) is 14.8. The summed E-state index contributed by atoms with van der Waals surface area (Å²) in [5.74, 6) is 1.15. The fourth-order valence-electron chi connectivity index (χ4n) is 3.50. The first-order valence-electron chi connectivity index (χ1n) is 7.91. The van der Waals surface area contributed by atoms with Crippen LogP contribution in [-0.2, 0) is 9.53 Å². The zero-order valence-corrected chi connectivity index (χ0v) is 12.6. The maximum absolute atomic E-state index is 12.2. The Morgan fingerprint density at radius 3 is 2.53 bits per heavy atom.